The predicted molar refractivity (Wildman–Crippen MR) is 115 cm³/mol. The Morgan fingerprint density at radius 1 is 1.21 bits per heavy atom. The van der Waals surface area contributed by atoms with E-state index >= 15 is 0 Å². The van der Waals surface area contributed by atoms with Gasteiger partial charge in [-0.05, 0) is 62.2 Å². The molecule has 2 N–H and O–H groups in total. The highest BCUT2D eigenvalue weighted by Gasteiger charge is 2.25. The number of pyridine rings is 1. The van der Waals surface area contributed by atoms with E-state index < -0.39 is 0 Å². The molecule has 3 rings (SSSR count). The van der Waals surface area contributed by atoms with Crippen LogP contribution in [0.4, 0.5) is 5.82 Å². The topological polar surface area (TPSA) is 74.3 Å². The van der Waals surface area contributed by atoms with Gasteiger partial charge in [0.05, 0.1) is 0 Å². The standard InChI is InChI=1S/C22H27ClN4O2/c1-16-6-10-24-20(14-16)26-22(29)17-7-11-27(12-8-17)13-9-21(28)25-15-18-4-2-3-5-19(18)23/h2-6,10,14,17H,7-9,11-13,15H2,1H3,(H,25,28)(H,24,26,29). The van der Waals surface area contributed by atoms with Crippen molar-refractivity contribution in [3.8, 4) is 0 Å². The van der Waals surface area contributed by atoms with Crippen molar-refractivity contribution in [2.24, 2.45) is 5.92 Å². The quantitative estimate of drug-likeness (QED) is 0.728. The highest BCUT2D eigenvalue weighted by atomic mass is 35.5. The van der Waals surface area contributed by atoms with Crippen LogP contribution < -0.4 is 10.6 Å². The Labute approximate surface area is 176 Å². The number of carbonyl (C=O) groups is 2. The Bertz CT molecular complexity index is 850. The smallest absolute Gasteiger partial charge is 0.228 e. The molecule has 0 unspecified atom stereocenters. The number of aryl methyl sites for hydroxylation is 1. The van der Waals surface area contributed by atoms with Crippen molar-refractivity contribution in [3.05, 3.63) is 58.7 Å². The van der Waals surface area contributed by atoms with E-state index in [1.165, 1.54) is 0 Å². The molecule has 1 saturated heterocycles. The van der Waals surface area contributed by atoms with Gasteiger partial charge in [-0.3, -0.25) is 9.59 Å². The molecule has 1 aliphatic heterocycles. The third-order valence-electron chi connectivity index (χ3n) is 5.21. The SMILES string of the molecule is Cc1ccnc(NC(=O)C2CCN(CCC(=O)NCc3ccccc3Cl)CC2)c1. The monoisotopic (exact) mass is 414 g/mol. The van der Waals surface area contributed by atoms with Crippen molar-refractivity contribution < 1.29 is 9.59 Å². The van der Waals surface area contributed by atoms with Crippen LogP contribution in [-0.2, 0) is 16.1 Å². The lowest BCUT2D eigenvalue weighted by molar-refractivity contribution is -0.123. The Balaban J connectivity index is 1.35. The minimum atomic E-state index is -0.0115. The van der Waals surface area contributed by atoms with Gasteiger partial charge in [0.2, 0.25) is 11.8 Å². The molecule has 0 radical (unpaired) electrons. The van der Waals surface area contributed by atoms with Gasteiger partial charge >= 0.3 is 0 Å². The van der Waals surface area contributed by atoms with E-state index in [1.807, 2.05) is 43.3 Å². The number of hydrogen-bond acceptors (Lipinski definition) is 4. The van der Waals surface area contributed by atoms with Crippen molar-refractivity contribution >= 4 is 29.2 Å². The third kappa shape index (κ3) is 6.54. The van der Waals surface area contributed by atoms with Crippen molar-refractivity contribution in [2.75, 3.05) is 25.0 Å². The largest absolute Gasteiger partial charge is 0.352 e. The molecular formula is C22H27ClN4O2. The first-order valence-electron chi connectivity index (χ1n) is 9.97. The zero-order valence-corrected chi connectivity index (χ0v) is 17.4. The summed E-state index contributed by atoms with van der Waals surface area (Å²) in [5, 5.41) is 6.49. The van der Waals surface area contributed by atoms with Crippen molar-refractivity contribution in [3.63, 3.8) is 0 Å². The molecule has 29 heavy (non-hydrogen) atoms. The van der Waals surface area contributed by atoms with Gasteiger partial charge in [-0.15, -0.1) is 0 Å². The highest BCUT2D eigenvalue weighted by Crippen LogP contribution is 2.19. The van der Waals surface area contributed by atoms with Crippen LogP contribution in [0.15, 0.2) is 42.6 Å². The van der Waals surface area contributed by atoms with Crippen LogP contribution in [0.25, 0.3) is 0 Å². The second-order valence-electron chi connectivity index (χ2n) is 7.44. The second-order valence-corrected chi connectivity index (χ2v) is 7.85. The number of anilines is 1. The number of hydrogen-bond donors (Lipinski definition) is 2. The molecule has 0 spiro atoms. The number of aromatic nitrogens is 1. The average Bonchev–Trinajstić information content (AvgIpc) is 2.72. The van der Waals surface area contributed by atoms with Gasteiger partial charge in [-0.25, -0.2) is 4.98 Å². The van der Waals surface area contributed by atoms with E-state index in [9.17, 15) is 9.59 Å². The fourth-order valence-corrected chi connectivity index (χ4v) is 3.64. The summed E-state index contributed by atoms with van der Waals surface area (Å²) >= 11 is 6.11. The van der Waals surface area contributed by atoms with Gasteiger partial charge in [-0.1, -0.05) is 29.8 Å². The molecule has 0 aliphatic carbocycles. The molecule has 2 aromatic rings. The molecule has 2 amide bonds. The maximum absolute atomic E-state index is 12.5. The number of rotatable bonds is 7. The summed E-state index contributed by atoms with van der Waals surface area (Å²) in [5.74, 6) is 0.630. The van der Waals surface area contributed by atoms with E-state index in [1.54, 1.807) is 6.20 Å². The molecule has 6 nitrogen and oxygen atoms in total. The van der Waals surface area contributed by atoms with Crippen LogP contribution in [0.3, 0.4) is 0 Å². The predicted octanol–water partition coefficient (Wildman–Crippen LogP) is 3.40. The number of likely N-dealkylation sites (tertiary alicyclic amines) is 1. The summed E-state index contributed by atoms with van der Waals surface area (Å²) < 4.78 is 0. The Morgan fingerprint density at radius 2 is 1.97 bits per heavy atom. The number of amides is 2. The summed E-state index contributed by atoms with van der Waals surface area (Å²) in [6.07, 6.45) is 3.72. The van der Waals surface area contributed by atoms with Crippen molar-refractivity contribution in [1.29, 1.82) is 0 Å². The maximum Gasteiger partial charge on any atom is 0.228 e. The lowest BCUT2D eigenvalue weighted by atomic mass is 9.96. The van der Waals surface area contributed by atoms with Gasteiger partial charge in [0.1, 0.15) is 5.82 Å². The molecule has 0 saturated carbocycles. The fraction of sp³-hybridized carbons (Fsp3) is 0.409. The van der Waals surface area contributed by atoms with E-state index in [4.69, 9.17) is 11.6 Å². The van der Waals surface area contributed by atoms with E-state index in [0.717, 1.165) is 37.1 Å². The van der Waals surface area contributed by atoms with Crippen LogP contribution in [0, 0.1) is 12.8 Å². The summed E-state index contributed by atoms with van der Waals surface area (Å²) in [6.45, 7) is 4.74. The number of nitrogens with one attached hydrogen (secondary N) is 2. The number of carbonyl (C=O) groups excluding carboxylic acids is 2. The molecule has 154 valence electrons. The summed E-state index contributed by atoms with van der Waals surface area (Å²) in [7, 11) is 0. The van der Waals surface area contributed by atoms with Crippen LogP contribution in [0.2, 0.25) is 5.02 Å². The summed E-state index contributed by atoms with van der Waals surface area (Å²) in [4.78, 5) is 31.0. The van der Waals surface area contributed by atoms with Crippen LogP contribution in [0.5, 0.6) is 0 Å². The molecule has 1 aromatic carbocycles. The first-order chi connectivity index (χ1) is 14.0. The fourth-order valence-electron chi connectivity index (χ4n) is 3.44. The molecule has 0 atom stereocenters. The minimum Gasteiger partial charge on any atom is -0.352 e. The zero-order valence-electron chi connectivity index (χ0n) is 16.7. The summed E-state index contributed by atoms with van der Waals surface area (Å²) in [5.41, 5.74) is 1.98. The zero-order chi connectivity index (χ0) is 20.6. The van der Waals surface area contributed by atoms with Gasteiger partial charge in [0, 0.05) is 36.6 Å². The first kappa shape index (κ1) is 21.3. The lowest BCUT2D eigenvalue weighted by Gasteiger charge is -2.31. The number of halogens is 1. The van der Waals surface area contributed by atoms with Gasteiger partial charge in [0.25, 0.3) is 0 Å². The second kappa shape index (κ2) is 10.4. The van der Waals surface area contributed by atoms with Gasteiger partial charge in [0.15, 0.2) is 0 Å². The number of piperidine rings is 1. The number of nitrogens with zero attached hydrogens (tertiary/aromatic N) is 2. The molecule has 2 heterocycles. The molecular weight excluding hydrogens is 388 g/mol. The molecule has 1 aliphatic rings. The number of benzene rings is 1. The van der Waals surface area contributed by atoms with E-state index in [0.29, 0.717) is 30.4 Å². The van der Waals surface area contributed by atoms with Crippen molar-refractivity contribution in [1.82, 2.24) is 15.2 Å². The normalized spacial score (nSPS) is 15.1. The third-order valence-corrected chi connectivity index (χ3v) is 5.58. The van der Waals surface area contributed by atoms with Crippen LogP contribution >= 0.6 is 11.6 Å². The van der Waals surface area contributed by atoms with E-state index in [-0.39, 0.29) is 17.7 Å². The molecule has 0 bridgehead atoms. The van der Waals surface area contributed by atoms with Gasteiger partial charge in [-0.2, -0.15) is 0 Å². The maximum atomic E-state index is 12.5. The first-order valence-corrected chi connectivity index (χ1v) is 10.3. The average molecular weight is 415 g/mol. The highest BCUT2D eigenvalue weighted by molar-refractivity contribution is 6.31. The Hall–Kier alpha value is -2.44. The lowest BCUT2D eigenvalue weighted by Crippen LogP contribution is -2.40. The molecule has 7 heteroatoms. The Kier molecular flexibility index (Phi) is 7.61. The Morgan fingerprint density at radius 3 is 2.69 bits per heavy atom. The van der Waals surface area contributed by atoms with Crippen LogP contribution in [0.1, 0.15) is 30.4 Å². The molecule has 1 fully saturated rings. The summed E-state index contributed by atoms with van der Waals surface area (Å²) in [6, 6.07) is 11.3. The van der Waals surface area contributed by atoms with Gasteiger partial charge < -0.3 is 15.5 Å². The van der Waals surface area contributed by atoms with Crippen LogP contribution in [-0.4, -0.2) is 41.3 Å². The minimum absolute atomic E-state index is 0.00954. The van der Waals surface area contributed by atoms with E-state index in [2.05, 4.69) is 20.5 Å². The van der Waals surface area contributed by atoms with Crippen molar-refractivity contribution in [2.45, 2.75) is 32.7 Å². The molecule has 1 aromatic heterocycles.